The number of nitrogens with one attached hydrogen (secondary N) is 3. The van der Waals surface area contributed by atoms with Gasteiger partial charge in [0, 0.05) is 30.7 Å². The normalized spacial score (nSPS) is 9.96. The minimum absolute atomic E-state index is 0.187. The maximum Gasteiger partial charge on any atom is 0.244 e. The van der Waals surface area contributed by atoms with Crippen molar-refractivity contribution in [1.29, 1.82) is 0 Å². The summed E-state index contributed by atoms with van der Waals surface area (Å²) in [5.74, 6) is 1.02. The number of aromatic nitrogens is 1. The second kappa shape index (κ2) is 8.21. The van der Waals surface area contributed by atoms with Gasteiger partial charge >= 0.3 is 0 Å². The number of anilines is 1. The lowest BCUT2D eigenvalue weighted by atomic mass is 10.3. The molecular weight excluding hydrogens is 328 g/mol. The molecular formula is C16H20N4O3S. The minimum Gasteiger partial charge on any atom is -0.493 e. The molecule has 2 aromatic rings. The van der Waals surface area contributed by atoms with Crippen LogP contribution in [0.2, 0.25) is 0 Å². The van der Waals surface area contributed by atoms with Gasteiger partial charge in [0.15, 0.2) is 16.6 Å². The smallest absolute Gasteiger partial charge is 0.244 e. The molecule has 0 spiro atoms. The number of ether oxygens (including phenoxy) is 2. The summed E-state index contributed by atoms with van der Waals surface area (Å²) in [6, 6.07) is 9.08. The Morgan fingerprint density at radius 3 is 2.54 bits per heavy atom. The van der Waals surface area contributed by atoms with Gasteiger partial charge in [0.25, 0.3) is 0 Å². The third-order valence-electron chi connectivity index (χ3n) is 3.35. The molecule has 0 aliphatic heterocycles. The molecule has 0 aliphatic rings. The van der Waals surface area contributed by atoms with Crippen LogP contribution in [0.5, 0.6) is 11.5 Å². The minimum atomic E-state index is -0.187. The van der Waals surface area contributed by atoms with E-state index in [4.69, 9.17) is 21.7 Å². The van der Waals surface area contributed by atoms with Crippen molar-refractivity contribution < 1.29 is 14.3 Å². The van der Waals surface area contributed by atoms with Gasteiger partial charge in [-0.2, -0.15) is 0 Å². The van der Waals surface area contributed by atoms with Crippen LogP contribution >= 0.6 is 12.2 Å². The van der Waals surface area contributed by atoms with E-state index in [0.717, 1.165) is 5.69 Å². The van der Waals surface area contributed by atoms with Crippen LogP contribution < -0.4 is 25.6 Å². The van der Waals surface area contributed by atoms with Crippen LogP contribution in [0.3, 0.4) is 0 Å². The first-order valence-electron chi connectivity index (χ1n) is 7.21. The number of nitrogens with zero attached hydrogens (tertiary/aromatic N) is 1. The molecule has 0 bridgehead atoms. The van der Waals surface area contributed by atoms with Crippen molar-refractivity contribution in [3.8, 4) is 11.5 Å². The fraction of sp³-hybridized carbons (Fsp3) is 0.250. The summed E-state index contributed by atoms with van der Waals surface area (Å²) in [5.41, 5.74) is 6.85. The molecule has 1 heterocycles. The van der Waals surface area contributed by atoms with Crippen molar-refractivity contribution in [2.24, 2.45) is 7.05 Å². The molecule has 1 aromatic heterocycles. The summed E-state index contributed by atoms with van der Waals surface area (Å²) < 4.78 is 12.3. The van der Waals surface area contributed by atoms with Gasteiger partial charge in [-0.3, -0.25) is 15.6 Å². The van der Waals surface area contributed by atoms with Gasteiger partial charge in [-0.25, -0.2) is 0 Å². The van der Waals surface area contributed by atoms with E-state index in [0.29, 0.717) is 17.2 Å². The highest BCUT2D eigenvalue weighted by atomic mass is 32.1. The first kappa shape index (κ1) is 17.6. The van der Waals surface area contributed by atoms with E-state index in [2.05, 4.69) is 16.2 Å². The van der Waals surface area contributed by atoms with Gasteiger partial charge in [-0.15, -0.1) is 0 Å². The van der Waals surface area contributed by atoms with Crippen LogP contribution in [0, 0.1) is 0 Å². The molecule has 0 radical (unpaired) electrons. The van der Waals surface area contributed by atoms with E-state index < -0.39 is 0 Å². The lowest BCUT2D eigenvalue weighted by molar-refractivity contribution is -0.121. The maximum absolute atomic E-state index is 11.9. The molecule has 1 amide bonds. The number of methoxy groups -OCH3 is 2. The van der Waals surface area contributed by atoms with Gasteiger partial charge in [0.1, 0.15) is 0 Å². The highest BCUT2D eigenvalue weighted by molar-refractivity contribution is 7.80. The molecule has 3 N–H and O–H groups in total. The van der Waals surface area contributed by atoms with Gasteiger partial charge in [0.2, 0.25) is 5.91 Å². The van der Waals surface area contributed by atoms with Crippen LogP contribution in [-0.2, 0) is 18.3 Å². The summed E-state index contributed by atoms with van der Waals surface area (Å²) in [7, 11) is 5.01. The molecule has 128 valence electrons. The average molecular weight is 348 g/mol. The number of hydrazine groups is 1. The zero-order valence-corrected chi connectivity index (χ0v) is 14.6. The Hall–Kier alpha value is -2.74. The van der Waals surface area contributed by atoms with Crippen molar-refractivity contribution >= 4 is 28.9 Å². The molecule has 0 saturated heterocycles. The molecule has 8 heteroatoms. The Morgan fingerprint density at radius 2 is 1.92 bits per heavy atom. The number of carbonyl (C=O) groups is 1. The SMILES string of the molecule is COc1ccc(NC(=S)NNC(=O)Cc2cccn2C)cc1OC. The monoisotopic (exact) mass is 348 g/mol. The predicted octanol–water partition coefficient (Wildman–Crippen LogP) is 1.60. The topological polar surface area (TPSA) is 76.5 Å². The Labute approximate surface area is 145 Å². The fourth-order valence-corrected chi connectivity index (χ4v) is 2.26. The van der Waals surface area contributed by atoms with E-state index in [-0.39, 0.29) is 17.4 Å². The molecule has 0 atom stereocenters. The Kier molecular flexibility index (Phi) is 6.02. The van der Waals surface area contributed by atoms with Crippen molar-refractivity contribution in [2.45, 2.75) is 6.42 Å². The maximum atomic E-state index is 11.9. The highest BCUT2D eigenvalue weighted by Crippen LogP contribution is 2.29. The number of rotatable bonds is 5. The average Bonchev–Trinajstić information content (AvgIpc) is 2.97. The Morgan fingerprint density at radius 1 is 1.17 bits per heavy atom. The molecule has 0 aliphatic carbocycles. The summed E-state index contributed by atoms with van der Waals surface area (Å²) in [4.78, 5) is 11.9. The zero-order valence-electron chi connectivity index (χ0n) is 13.8. The molecule has 0 unspecified atom stereocenters. The van der Waals surface area contributed by atoms with Gasteiger partial charge in [-0.1, -0.05) is 0 Å². The number of aryl methyl sites for hydroxylation is 1. The van der Waals surface area contributed by atoms with E-state index in [9.17, 15) is 4.79 Å². The van der Waals surface area contributed by atoms with Crippen molar-refractivity contribution in [1.82, 2.24) is 15.4 Å². The van der Waals surface area contributed by atoms with Crippen LogP contribution in [0.15, 0.2) is 36.5 Å². The molecule has 24 heavy (non-hydrogen) atoms. The van der Waals surface area contributed by atoms with Crippen molar-refractivity contribution in [2.75, 3.05) is 19.5 Å². The number of thiocarbonyl (C=S) groups is 1. The number of hydrogen-bond acceptors (Lipinski definition) is 4. The molecule has 0 fully saturated rings. The number of benzene rings is 1. The summed E-state index contributed by atoms with van der Waals surface area (Å²) in [5, 5.41) is 3.22. The molecule has 1 aromatic carbocycles. The molecule has 2 rings (SSSR count). The molecule has 7 nitrogen and oxygen atoms in total. The quantitative estimate of drug-likeness (QED) is 0.563. The first-order chi connectivity index (χ1) is 11.5. The lowest BCUT2D eigenvalue weighted by Crippen LogP contribution is -2.44. The van der Waals surface area contributed by atoms with Gasteiger partial charge in [0.05, 0.1) is 20.6 Å². The van der Waals surface area contributed by atoms with Crippen molar-refractivity contribution in [3.05, 3.63) is 42.2 Å². The Balaban J connectivity index is 1.85. The zero-order chi connectivity index (χ0) is 17.5. The predicted molar refractivity (Wildman–Crippen MR) is 96.2 cm³/mol. The van der Waals surface area contributed by atoms with E-state index >= 15 is 0 Å². The third-order valence-corrected chi connectivity index (χ3v) is 3.55. The third kappa shape index (κ3) is 4.63. The van der Waals surface area contributed by atoms with E-state index in [1.165, 1.54) is 0 Å². The Bertz CT molecular complexity index is 730. The highest BCUT2D eigenvalue weighted by Gasteiger charge is 2.08. The summed E-state index contributed by atoms with van der Waals surface area (Å²) in [6.45, 7) is 0. The van der Waals surface area contributed by atoms with E-state index in [1.807, 2.05) is 29.9 Å². The van der Waals surface area contributed by atoms with Crippen LogP contribution in [0.4, 0.5) is 5.69 Å². The van der Waals surface area contributed by atoms with Crippen LogP contribution in [-0.4, -0.2) is 29.8 Å². The summed E-state index contributed by atoms with van der Waals surface area (Å²) >= 11 is 5.15. The summed E-state index contributed by atoms with van der Waals surface area (Å²) in [6.07, 6.45) is 2.15. The number of hydrogen-bond donors (Lipinski definition) is 3. The largest absolute Gasteiger partial charge is 0.493 e. The van der Waals surface area contributed by atoms with Gasteiger partial charge < -0.3 is 19.4 Å². The molecule has 0 saturated carbocycles. The lowest BCUT2D eigenvalue weighted by Gasteiger charge is -2.13. The van der Waals surface area contributed by atoms with Crippen molar-refractivity contribution in [3.63, 3.8) is 0 Å². The van der Waals surface area contributed by atoms with Gasteiger partial charge in [-0.05, 0) is 36.5 Å². The second-order valence-corrected chi connectivity index (χ2v) is 5.39. The first-order valence-corrected chi connectivity index (χ1v) is 7.62. The second-order valence-electron chi connectivity index (χ2n) is 4.98. The van der Waals surface area contributed by atoms with Crippen LogP contribution in [0.25, 0.3) is 0 Å². The van der Waals surface area contributed by atoms with Crippen LogP contribution in [0.1, 0.15) is 5.69 Å². The van der Waals surface area contributed by atoms with E-state index in [1.54, 1.807) is 32.4 Å². The fourth-order valence-electron chi connectivity index (χ4n) is 2.09. The standard InChI is InChI=1S/C16H20N4O3S/c1-20-8-4-5-12(20)10-15(21)18-19-16(24)17-11-6-7-13(22-2)14(9-11)23-3/h4-9H,10H2,1-3H3,(H,18,21)(H2,17,19,24). The number of carbonyl (C=O) groups excluding carboxylic acids is 1. The number of amides is 1.